The van der Waals surface area contributed by atoms with Crippen molar-refractivity contribution in [3.05, 3.63) is 0 Å². The van der Waals surface area contributed by atoms with Crippen LogP contribution in [0.15, 0.2) is 0 Å². The average Bonchev–Trinajstić information content (AvgIpc) is 2.79. The Kier molecular flexibility index (Phi) is 22.9. The lowest BCUT2D eigenvalue weighted by molar-refractivity contribution is -0.870. The van der Waals surface area contributed by atoms with E-state index in [4.69, 9.17) is 9.47 Å². The Morgan fingerprint density at radius 3 is 1.54 bits per heavy atom. The highest BCUT2D eigenvalue weighted by molar-refractivity contribution is 7.91. The number of quaternary nitrogens is 1. The molecule has 0 rings (SSSR count). The maximum Gasteiger partial charge on any atom is 0.152 e. The molecule has 0 aliphatic rings. The van der Waals surface area contributed by atoms with Crippen molar-refractivity contribution < 1.29 is 22.4 Å². The number of rotatable bonds is 27. The standard InChI is InChI=1S/C29H62NO4S/c1-6-7-8-9-10-11-12-13-14-15-16-17-18-19-20-22-25-34-27-29(33-5)28-35(31,32)26-23-21-24-30(2,3)4/h29H,6-28H2,1-5H3/q+1. The third-order valence-corrected chi connectivity index (χ3v) is 8.54. The summed E-state index contributed by atoms with van der Waals surface area (Å²) in [5.41, 5.74) is 0. The van der Waals surface area contributed by atoms with Gasteiger partial charge in [-0.1, -0.05) is 103 Å². The number of nitrogens with zero attached hydrogens (tertiary/aromatic N) is 1. The van der Waals surface area contributed by atoms with Gasteiger partial charge in [0.2, 0.25) is 0 Å². The molecule has 35 heavy (non-hydrogen) atoms. The monoisotopic (exact) mass is 520 g/mol. The number of unbranched alkanes of at least 4 members (excludes halogenated alkanes) is 16. The molecule has 0 saturated carbocycles. The molecular formula is C29H62NO4S+. The molecule has 0 bridgehead atoms. The molecule has 0 saturated heterocycles. The van der Waals surface area contributed by atoms with E-state index in [0.717, 1.165) is 23.9 Å². The van der Waals surface area contributed by atoms with E-state index in [9.17, 15) is 8.42 Å². The quantitative estimate of drug-likeness (QED) is 0.0850. The van der Waals surface area contributed by atoms with Gasteiger partial charge in [0.05, 0.1) is 51.9 Å². The highest BCUT2D eigenvalue weighted by Crippen LogP contribution is 2.14. The van der Waals surface area contributed by atoms with E-state index in [2.05, 4.69) is 28.1 Å². The first-order valence-electron chi connectivity index (χ1n) is 14.8. The Labute approximate surface area is 220 Å². The summed E-state index contributed by atoms with van der Waals surface area (Å²) in [7, 11) is 4.88. The predicted molar refractivity (Wildman–Crippen MR) is 152 cm³/mol. The van der Waals surface area contributed by atoms with E-state index in [1.165, 1.54) is 96.3 Å². The fraction of sp³-hybridized carbons (Fsp3) is 1.00. The summed E-state index contributed by atoms with van der Waals surface area (Å²) in [6.45, 7) is 4.34. The third-order valence-electron chi connectivity index (χ3n) is 6.75. The lowest BCUT2D eigenvalue weighted by atomic mass is 10.0. The van der Waals surface area contributed by atoms with Crippen LogP contribution in [-0.4, -0.2) is 78.5 Å². The van der Waals surface area contributed by atoms with Crippen LogP contribution in [0.3, 0.4) is 0 Å². The zero-order valence-corrected chi connectivity index (χ0v) is 25.1. The Morgan fingerprint density at radius 1 is 0.657 bits per heavy atom. The number of ether oxygens (including phenoxy) is 2. The summed E-state index contributed by atoms with van der Waals surface area (Å²) in [5.74, 6) is 0.304. The first kappa shape index (κ1) is 34.8. The van der Waals surface area contributed by atoms with Gasteiger partial charge in [-0.05, 0) is 19.3 Å². The molecule has 0 heterocycles. The Bertz CT molecular complexity index is 545. The fourth-order valence-corrected chi connectivity index (χ4v) is 6.04. The topological polar surface area (TPSA) is 52.6 Å². The van der Waals surface area contributed by atoms with Crippen LogP contribution < -0.4 is 0 Å². The third kappa shape index (κ3) is 26.7. The number of methoxy groups -OCH3 is 1. The van der Waals surface area contributed by atoms with Gasteiger partial charge >= 0.3 is 0 Å². The molecule has 0 N–H and O–H groups in total. The second kappa shape index (κ2) is 23.0. The van der Waals surface area contributed by atoms with Crippen molar-refractivity contribution in [3.8, 4) is 0 Å². The van der Waals surface area contributed by atoms with Crippen molar-refractivity contribution in [2.24, 2.45) is 0 Å². The molecule has 0 aliphatic heterocycles. The molecule has 0 aromatic heterocycles. The van der Waals surface area contributed by atoms with Gasteiger partial charge in [0.25, 0.3) is 0 Å². The molecule has 1 atom stereocenters. The van der Waals surface area contributed by atoms with Gasteiger partial charge in [0, 0.05) is 13.7 Å². The van der Waals surface area contributed by atoms with Gasteiger partial charge in [-0.15, -0.1) is 0 Å². The van der Waals surface area contributed by atoms with Crippen LogP contribution in [-0.2, 0) is 19.3 Å². The van der Waals surface area contributed by atoms with Gasteiger partial charge in [0.1, 0.15) is 0 Å². The number of hydrogen-bond donors (Lipinski definition) is 0. The predicted octanol–water partition coefficient (Wildman–Crippen LogP) is 7.18. The fourth-order valence-electron chi connectivity index (χ4n) is 4.43. The first-order chi connectivity index (χ1) is 16.7. The molecule has 0 amide bonds. The smallest absolute Gasteiger partial charge is 0.152 e. The normalized spacial score (nSPS) is 13.4. The van der Waals surface area contributed by atoms with Crippen LogP contribution in [0.2, 0.25) is 0 Å². The molecule has 0 aromatic carbocycles. The molecule has 0 spiro atoms. The maximum atomic E-state index is 12.4. The summed E-state index contributed by atoms with van der Waals surface area (Å²) < 4.78 is 36.7. The van der Waals surface area contributed by atoms with Crippen molar-refractivity contribution in [1.82, 2.24) is 0 Å². The molecule has 0 radical (unpaired) electrons. The van der Waals surface area contributed by atoms with Crippen LogP contribution in [0.5, 0.6) is 0 Å². The Morgan fingerprint density at radius 2 is 1.11 bits per heavy atom. The van der Waals surface area contributed by atoms with E-state index in [1.807, 2.05) is 0 Å². The highest BCUT2D eigenvalue weighted by Gasteiger charge is 2.19. The molecule has 6 heteroatoms. The zero-order chi connectivity index (χ0) is 26.3. The highest BCUT2D eigenvalue weighted by atomic mass is 32.2. The molecular weight excluding hydrogens is 458 g/mol. The molecule has 212 valence electrons. The number of hydrogen-bond acceptors (Lipinski definition) is 4. The van der Waals surface area contributed by atoms with E-state index >= 15 is 0 Å². The van der Waals surface area contributed by atoms with Crippen molar-refractivity contribution >= 4 is 9.84 Å². The van der Waals surface area contributed by atoms with Crippen molar-refractivity contribution in [2.45, 2.75) is 129 Å². The van der Waals surface area contributed by atoms with Gasteiger partial charge in [-0.3, -0.25) is 0 Å². The lowest BCUT2D eigenvalue weighted by Crippen LogP contribution is -2.35. The van der Waals surface area contributed by atoms with Crippen LogP contribution in [0.1, 0.15) is 122 Å². The van der Waals surface area contributed by atoms with Gasteiger partial charge in [0.15, 0.2) is 9.84 Å². The molecule has 0 aromatic rings. The van der Waals surface area contributed by atoms with Crippen molar-refractivity contribution in [3.63, 3.8) is 0 Å². The van der Waals surface area contributed by atoms with Crippen LogP contribution in [0.25, 0.3) is 0 Å². The van der Waals surface area contributed by atoms with E-state index in [1.54, 1.807) is 7.11 Å². The maximum absolute atomic E-state index is 12.4. The second-order valence-electron chi connectivity index (χ2n) is 11.6. The minimum absolute atomic E-state index is 0.0623. The van der Waals surface area contributed by atoms with Crippen LogP contribution in [0.4, 0.5) is 0 Å². The Hall–Kier alpha value is -0.170. The van der Waals surface area contributed by atoms with Gasteiger partial charge in [-0.2, -0.15) is 0 Å². The summed E-state index contributed by atoms with van der Waals surface area (Å²) in [6.07, 6.45) is 23.0. The first-order valence-corrected chi connectivity index (χ1v) is 16.6. The molecule has 1 unspecified atom stereocenters. The van der Waals surface area contributed by atoms with Crippen molar-refractivity contribution in [2.75, 3.05) is 59.5 Å². The lowest BCUT2D eigenvalue weighted by Gasteiger charge is -2.23. The summed E-state index contributed by atoms with van der Waals surface area (Å²) in [4.78, 5) is 0. The minimum Gasteiger partial charge on any atom is -0.379 e. The molecule has 0 aliphatic carbocycles. The zero-order valence-electron chi connectivity index (χ0n) is 24.3. The largest absolute Gasteiger partial charge is 0.379 e. The van der Waals surface area contributed by atoms with Gasteiger partial charge < -0.3 is 14.0 Å². The van der Waals surface area contributed by atoms with E-state index in [-0.39, 0.29) is 17.6 Å². The SMILES string of the molecule is CCCCCCCCCCCCCCCCCCOCC(CS(=O)(=O)CCCC[N+](C)(C)C)OC. The summed E-state index contributed by atoms with van der Waals surface area (Å²) in [6, 6.07) is 0. The van der Waals surface area contributed by atoms with E-state index in [0.29, 0.717) is 19.6 Å². The second-order valence-corrected chi connectivity index (χ2v) is 13.8. The average molecular weight is 521 g/mol. The summed E-state index contributed by atoms with van der Waals surface area (Å²) >= 11 is 0. The summed E-state index contributed by atoms with van der Waals surface area (Å²) in [5, 5.41) is 0. The van der Waals surface area contributed by atoms with Crippen molar-refractivity contribution in [1.29, 1.82) is 0 Å². The van der Waals surface area contributed by atoms with Gasteiger partial charge in [-0.25, -0.2) is 8.42 Å². The molecule has 0 fully saturated rings. The van der Waals surface area contributed by atoms with Crippen LogP contribution in [0, 0.1) is 0 Å². The van der Waals surface area contributed by atoms with Crippen LogP contribution >= 0.6 is 0 Å². The Balaban J connectivity index is 3.52. The van der Waals surface area contributed by atoms with E-state index < -0.39 is 9.84 Å². The minimum atomic E-state index is -3.10. The molecule has 5 nitrogen and oxygen atoms in total. The number of sulfone groups is 1.